The number of esters is 1. The van der Waals surface area contributed by atoms with Crippen molar-refractivity contribution in [3.05, 3.63) is 33.8 Å². The lowest BCUT2D eigenvalue weighted by atomic mass is 9.87. The Morgan fingerprint density at radius 1 is 1.23 bits per heavy atom. The molecule has 0 atom stereocenters. The first-order valence-corrected chi connectivity index (χ1v) is 8.78. The van der Waals surface area contributed by atoms with E-state index in [1.807, 2.05) is 19.9 Å². The fourth-order valence-corrected chi connectivity index (χ4v) is 3.47. The molecule has 2 rings (SSSR count). The van der Waals surface area contributed by atoms with Crippen molar-refractivity contribution in [1.29, 1.82) is 0 Å². The van der Waals surface area contributed by atoms with Gasteiger partial charge < -0.3 is 9.57 Å². The molecule has 0 radical (unpaired) electrons. The Hall–Kier alpha value is -1.67. The largest absolute Gasteiger partial charge is 0.467 e. The van der Waals surface area contributed by atoms with E-state index in [2.05, 4.69) is 0 Å². The maximum absolute atomic E-state index is 12.7. The summed E-state index contributed by atoms with van der Waals surface area (Å²) in [5.41, 5.74) is 1.20. The normalized spacial score (nSPS) is 17.0. The molecule has 1 aromatic rings. The molecule has 0 unspecified atom stereocenters. The number of ether oxygens (including phenoxy) is 1. The van der Waals surface area contributed by atoms with E-state index >= 15 is 0 Å². The van der Waals surface area contributed by atoms with Gasteiger partial charge in [0, 0.05) is 18.1 Å². The van der Waals surface area contributed by atoms with Crippen LogP contribution in [0.15, 0.2) is 12.1 Å². The molecule has 0 spiro atoms. The highest BCUT2D eigenvalue weighted by atomic mass is 35.5. The van der Waals surface area contributed by atoms with Crippen LogP contribution in [0.1, 0.15) is 29.5 Å². The maximum Gasteiger partial charge on any atom is 0.334 e. The van der Waals surface area contributed by atoms with Gasteiger partial charge in [0.05, 0.1) is 20.6 Å². The second-order valence-electron chi connectivity index (χ2n) is 6.54. The second kappa shape index (κ2) is 8.35. The Balaban J connectivity index is 2.23. The van der Waals surface area contributed by atoms with E-state index in [1.54, 1.807) is 11.1 Å². The van der Waals surface area contributed by atoms with Crippen LogP contribution in [0, 0.1) is 13.8 Å². The third kappa shape index (κ3) is 4.01. The number of carbonyl (C=O) groups excluding carboxylic acids is 2. The van der Waals surface area contributed by atoms with Crippen LogP contribution in [0.5, 0.6) is 0 Å². The topological polar surface area (TPSA) is 79.3 Å². The maximum atomic E-state index is 12.7. The Morgan fingerprint density at radius 2 is 1.81 bits per heavy atom. The number of halogens is 1. The van der Waals surface area contributed by atoms with Crippen molar-refractivity contribution in [1.82, 2.24) is 10.1 Å². The Kier molecular flexibility index (Phi) is 6.63. The number of piperidine rings is 1. The predicted octanol–water partition coefficient (Wildman–Crippen LogP) is 2.29. The Labute approximate surface area is 158 Å². The molecular weight excluding hydrogens is 360 g/mol. The summed E-state index contributed by atoms with van der Waals surface area (Å²) < 4.78 is 4.86. The van der Waals surface area contributed by atoms with Crippen molar-refractivity contribution in [2.75, 3.05) is 27.3 Å². The first-order chi connectivity index (χ1) is 12.2. The van der Waals surface area contributed by atoms with Crippen molar-refractivity contribution < 1.29 is 24.4 Å². The lowest BCUT2D eigenvalue weighted by molar-refractivity contribution is -0.228. The fraction of sp³-hybridized carbons (Fsp3) is 0.556. The molecule has 1 aromatic carbocycles. The molecular formula is C18H25ClN2O5. The minimum atomic E-state index is -1.42. The molecule has 1 N–H and O–H groups in total. The van der Waals surface area contributed by atoms with Crippen LogP contribution in [0.3, 0.4) is 0 Å². The average Bonchev–Trinajstić information content (AvgIpc) is 2.64. The number of hydrogen-bond acceptors (Lipinski definition) is 6. The van der Waals surface area contributed by atoms with E-state index in [1.165, 1.54) is 14.2 Å². The van der Waals surface area contributed by atoms with E-state index in [4.69, 9.17) is 21.2 Å². The van der Waals surface area contributed by atoms with Crippen molar-refractivity contribution in [3.63, 3.8) is 0 Å². The molecule has 26 heavy (non-hydrogen) atoms. The smallest absolute Gasteiger partial charge is 0.334 e. The van der Waals surface area contributed by atoms with Crippen LogP contribution in [0.2, 0.25) is 5.02 Å². The minimum Gasteiger partial charge on any atom is -0.467 e. The lowest BCUT2D eigenvalue weighted by Crippen LogP contribution is -2.61. The quantitative estimate of drug-likeness (QED) is 0.476. The molecule has 0 saturated carbocycles. The Bertz CT molecular complexity index is 686. The molecule has 1 amide bonds. The number of amides is 1. The molecule has 1 heterocycles. The van der Waals surface area contributed by atoms with E-state index in [0.717, 1.165) is 11.1 Å². The predicted molar refractivity (Wildman–Crippen MR) is 95.8 cm³/mol. The zero-order valence-corrected chi connectivity index (χ0v) is 16.3. The van der Waals surface area contributed by atoms with Gasteiger partial charge in [0.1, 0.15) is 0 Å². The van der Waals surface area contributed by atoms with Gasteiger partial charge in [-0.1, -0.05) is 17.7 Å². The molecule has 0 aromatic heterocycles. The second-order valence-corrected chi connectivity index (χ2v) is 6.95. The number of benzene rings is 1. The molecule has 0 bridgehead atoms. The highest BCUT2D eigenvalue weighted by Gasteiger charge is 2.49. The van der Waals surface area contributed by atoms with Crippen LogP contribution in [-0.4, -0.2) is 60.1 Å². The van der Waals surface area contributed by atoms with Crippen LogP contribution in [0.4, 0.5) is 0 Å². The Morgan fingerprint density at radius 3 is 2.35 bits per heavy atom. The van der Waals surface area contributed by atoms with Gasteiger partial charge in [0.2, 0.25) is 0 Å². The van der Waals surface area contributed by atoms with E-state index in [-0.39, 0.29) is 19.3 Å². The van der Waals surface area contributed by atoms with E-state index in [9.17, 15) is 14.8 Å². The van der Waals surface area contributed by atoms with E-state index in [0.29, 0.717) is 28.7 Å². The van der Waals surface area contributed by atoms with Gasteiger partial charge >= 0.3 is 5.97 Å². The fourth-order valence-electron chi connectivity index (χ4n) is 3.18. The summed E-state index contributed by atoms with van der Waals surface area (Å²) in [6, 6.07) is 3.61. The highest BCUT2D eigenvalue weighted by molar-refractivity contribution is 6.31. The average molecular weight is 385 g/mol. The molecule has 144 valence electrons. The van der Waals surface area contributed by atoms with Gasteiger partial charge in [-0.25, -0.2) is 9.86 Å². The van der Waals surface area contributed by atoms with Gasteiger partial charge in [0.25, 0.3) is 5.91 Å². The summed E-state index contributed by atoms with van der Waals surface area (Å²) >= 11 is 6.23. The van der Waals surface area contributed by atoms with Gasteiger partial charge in [-0.05, 0) is 49.4 Å². The number of hydrogen-bond donors (Lipinski definition) is 1. The van der Waals surface area contributed by atoms with Gasteiger partial charge in [-0.3, -0.25) is 10.0 Å². The molecule has 1 fully saturated rings. The van der Waals surface area contributed by atoms with Gasteiger partial charge in [0.15, 0.2) is 5.54 Å². The van der Waals surface area contributed by atoms with Crippen molar-refractivity contribution >= 4 is 23.5 Å². The molecule has 0 aliphatic carbocycles. The van der Waals surface area contributed by atoms with Crippen molar-refractivity contribution in [2.45, 2.75) is 38.6 Å². The molecule has 1 aliphatic heterocycles. The molecule has 8 heteroatoms. The molecule has 7 nitrogen and oxygen atoms in total. The van der Waals surface area contributed by atoms with Crippen LogP contribution < -0.4 is 0 Å². The zero-order valence-electron chi connectivity index (χ0n) is 15.5. The monoisotopic (exact) mass is 384 g/mol. The van der Waals surface area contributed by atoms with E-state index < -0.39 is 17.4 Å². The number of aryl methyl sites for hydroxylation is 2. The number of nitrogens with zero attached hydrogens (tertiary/aromatic N) is 2. The molecule has 1 saturated heterocycles. The van der Waals surface area contributed by atoms with Gasteiger partial charge in [-0.2, -0.15) is 5.06 Å². The summed E-state index contributed by atoms with van der Waals surface area (Å²) in [5.74, 6) is -1.25. The van der Waals surface area contributed by atoms with Crippen molar-refractivity contribution in [3.8, 4) is 0 Å². The van der Waals surface area contributed by atoms with Gasteiger partial charge in [-0.15, -0.1) is 0 Å². The third-order valence-electron chi connectivity index (χ3n) is 5.02. The SMILES string of the molecule is COC(=O)C1(N(O)C(=O)Cc2cc(C)c(C)cc2Cl)CCN(OC)CC1. The first-order valence-electron chi connectivity index (χ1n) is 8.40. The highest BCUT2D eigenvalue weighted by Crippen LogP contribution is 2.31. The molecule has 1 aliphatic rings. The number of methoxy groups -OCH3 is 1. The summed E-state index contributed by atoms with van der Waals surface area (Å²) in [7, 11) is 2.78. The summed E-state index contributed by atoms with van der Waals surface area (Å²) in [5, 5.41) is 13.3. The van der Waals surface area contributed by atoms with Crippen LogP contribution in [-0.2, 0) is 25.6 Å². The zero-order chi connectivity index (χ0) is 19.5. The summed E-state index contributed by atoms with van der Waals surface area (Å²) in [4.78, 5) is 30.2. The summed E-state index contributed by atoms with van der Waals surface area (Å²) in [6.45, 7) is 4.63. The number of hydroxylamine groups is 4. The first kappa shape index (κ1) is 20.6. The number of rotatable bonds is 5. The van der Waals surface area contributed by atoms with Crippen molar-refractivity contribution in [2.24, 2.45) is 0 Å². The number of carbonyl (C=O) groups is 2. The third-order valence-corrected chi connectivity index (χ3v) is 5.37. The minimum absolute atomic E-state index is 0.108. The van der Waals surface area contributed by atoms with Crippen LogP contribution in [0.25, 0.3) is 0 Å². The standard InChI is InChI=1S/C18H25ClN2O5/c1-12-9-14(15(19)10-13(12)2)11-16(22)21(24)18(17(23)25-3)5-7-20(26-4)8-6-18/h9-10,24H,5-8,11H2,1-4H3. The lowest BCUT2D eigenvalue weighted by Gasteiger charge is -2.42. The van der Waals surface area contributed by atoms with Crippen LogP contribution >= 0.6 is 11.6 Å². The summed E-state index contributed by atoms with van der Waals surface area (Å²) in [6.07, 6.45) is 0.302.